The van der Waals surface area contributed by atoms with Crippen LogP contribution < -0.4 is 10.1 Å². The second kappa shape index (κ2) is 6.23. The number of hydrogen-bond donors (Lipinski definition) is 1. The second-order valence-corrected chi connectivity index (χ2v) is 6.24. The first kappa shape index (κ1) is 13.4. The van der Waals surface area contributed by atoms with E-state index in [-0.39, 0.29) is 11.8 Å². The van der Waals surface area contributed by atoms with Crippen LogP contribution >= 0.6 is 15.9 Å². The third kappa shape index (κ3) is 3.48. The summed E-state index contributed by atoms with van der Waals surface area (Å²) in [5, 5.41) is 2.97. The maximum atomic E-state index is 12.0. The van der Waals surface area contributed by atoms with Crippen LogP contribution in [-0.2, 0) is 11.2 Å². The van der Waals surface area contributed by atoms with E-state index in [2.05, 4.69) is 28.2 Å². The Hall–Kier alpha value is -1.03. The summed E-state index contributed by atoms with van der Waals surface area (Å²) in [5.74, 6) is 0.943. The van der Waals surface area contributed by atoms with Crippen molar-refractivity contribution in [2.45, 2.75) is 24.6 Å². The Labute approximate surface area is 116 Å². The fourth-order valence-corrected chi connectivity index (χ4v) is 2.26. The number of halogens is 1. The van der Waals surface area contributed by atoms with Gasteiger partial charge in [-0.25, -0.2) is 0 Å². The maximum absolute atomic E-state index is 12.0. The van der Waals surface area contributed by atoms with Gasteiger partial charge in [-0.2, -0.15) is 0 Å². The molecular weight excluding hydrogens is 294 g/mol. The molecule has 1 aliphatic rings. The van der Waals surface area contributed by atoms with Crippen LogP contribution in [0.15, 0.2) is 24.3 Å². The molecule has 0 aromatic heterocycles. The summed E-state index contributed by atoms with van der Waals surface area (Å²) in [6.45, 7) is 3.27. The molecule has 0 radical (unpaired) electrons. The van der Waals surface area contributed by atoms with Gasteiger partial charge in [0.05, 0.1) is 5.92 Å². The van der Waals surface area contributed by atoms with Crippen molar-refractivity contribution in [3.8, 4) is 5.75 Å². The molecule has 0 aliphatic carbocycles. The van der Waals surface area contributed by atoms with Crippen molar-refractivity contribution in [3.63, 3.8) is 0 Å². The molecule has 3 nitrogen and oxygen atoms in total. The number of hydrogen-bond acceptors (Lipinski definition) is 2. The Bertz CT molecular complexity index is 420. The number of rotatable bonds is 4. The zero-order chi connectivity index (χ0) is 13.0. The lowest BCUT2D eigenvalue weighted by molar-refractivity contribution is -0.126. The van der Waals surface area contributed by atoms with Gasteiger partial charge in [-0.3, -0.25) is 4.79 Å². The summed E-state index contributed by atoms with van der Waals surface area (Å²) in [5.41, 5.74) is 1.12. The van der Waals surface area contributed by atoms with Gasteiger partial charge in [0.15, 0.2) is 0 Å². The molecule has 0 saturated heterocycles. The zero-order valence-corrected chi connectivity index (χ0v) is 12.1. The minimum Gasteiger partial charge on any atom is -0.492 e. The van der Waals surface area contributed by atoms with E-state index in [1.807, 2.05) is 24.3 Å². The molecule has 1 amide bonds. The SMILES string of the molecule is CC(Br)CCNC(=O)C1COc2ccccc2C1. The number of nitrogens with one attached hydrogen (secondary N) is 1. The summed E-state index contributed by atoms with van der Waals surface area (Å²) in [7, 11) is 0. The van der Waals surface area contributed by atoms with Crippen LogP contribution in [0.1, 0.15) is 18.9 Å². The molecule has 2 atom stereocenters. The van der Waals surface area contributed by atoms with Crippen LogP contribution in [0.3, 0.4) is 0 Å². The van der Waals surface area contributed by atoms with Crippen LogP contribution in [0.25, 0.3) is 0 Å². The van der Waals surface area contributed by atoms with E-state index in [4.69, 9.17) is 4.74 Å². The van der Waals surface area contributed by atoms with Gasteiger partial charge in [-0.15, -0.1) is 0 Å². The Balaban J connectivity index is 1.87. The zero-order valence-electron chi connectivity index (χ0n) is 10.5. The number of amides is 1. The van der Waals surface area contributed by atoms with Crippen molar-refractivity contribution < 1.29 is 9.53 Å². The van der Waals surface area contributed by atoms with Gasteiger partial charge >= 0.3 is 0 Å². The number of para-hydroxylation sites is 1. The van der Waals surface area contributed by atoms with Crippen LogP contribution in [0.5, 0.6) is 5.75 Å². The van der Waals surface area contributed by atoms with Crippen molar-refractivity contribution in [1.82, 2.24) is 5.32 Å². The minimum absolute atomic E-state index is 0.0643. The highest BCUT2D eigenvalue weighted by Gasteiger charge is 2.25. The Morgan fingerprint density at radius 2 is 2.33 bits per heavy atom. The summed E-state index contributed by atoms with van der Waals surface area (Å²) < 4.78 is 5.61. The van der Waals surface area contributed by atoms with Gasteiger partial charge in [0.1, 0.15) is 12.4 Å². The van der Waals surface area contributed by atoms with E-state index in [9.17, 15) is 4.79 Å². The van der Waals surface area contributed by atoms with Crippen LogP contribution in [0.4, 0.5) is 0 Å². The molecule has 1 aliphatic heterocycles. The molecule has 1 aromatic rings. The molecule has 98 valence electrons. The molecule has 18 heavy (non-hydrogen) atoms. The summed E-state index contributed by atoms with van der Waals surface area (Å²) >= 11 is 3.47. The average molecular weight is 312 g/mol. The minimum atomic E-state index is -0.0643. The van der Waals surface area contributed by atoms with E-state index in [1.54, 1.807) is 0 Å². The standard InChI is InChI=1S/C14H18BrNO2/c1-10(15)6-7-16-14(17)12-8-11-4-2-3-5-13(11)18-9-12/h2-5,10,12H,6-9H2,1H3,(H,16,17). The van der Waals surface area contributed by atoms with Crippen molar-refractivity contribution in [3.05, 3.63) is 29.8 Å². The molecule has 1 heterocycles. The molecule has 2 unspecified atom stereocenters. The molecular formula is C14H18BrNO2. The van der Waals surface area contributed by atoms with E-state index in [0.717, 1.165) is 24.2 Å². The van der Waals surface area contributed by atoms with E-state index in [0.29, 0.717) is 18.0 Å². The number of ether oxygens (including phenoxy) is 1. The van der Waals surface area contributed by atoms with Gasteiger partial charge in [0.2, 0.25) is 5.91 Å². The van der Waals surface area contributed by atoms with Crippen LogP contribution in [0, 0.1) is 5.92 Å². The monoisotopic (exact) mass is 311 g/mol. The van der Waals surface area contributed by atoms with Crippen LogP contribution in [0.2, 0.25) is 0 Å². The number of benzene rings is 1. The highest BCUT2D eigenvalue weighted by Crippen LogP contribution is 2.26. The molecule has 0 saturated carbocycles. The van der Waals surface area contributed by atoms with Gasteiger partial charge in [0, 0.05) is 11.4 Å². The van der Waals surface area contributed by atoms with Gasteiger partial charge in [-0.05, 0) is 24.5 Å². The third-order valence-corrected chi connectivity index (χ3v) is 3.55. The molecule has 4 heteroatoms. The largest absolute Gasteiger partial charge is 0.492 e. The number of carbonyl (C=O) groups excluding carboxylic acids is 1. The summed E-state index contributed by atoms with van der Waals surface area (Å²) in [4.78, 5) is 12.4. The fraction of sp³-hybridized carbons (Fsp3) is 0.500. The van der Waals surface area contributed by atoms with Gasteiger partial charge < -0.3 is 10.1 Å². The topological polar surface area (TPSA) is 38.3 Å². The van der Waals surface area contributed by atoms with Crippen molar-refractivity contribution in [2.24, 2.45) is 5.92 Å². The van der Waals surface area contributed by atoms with Crippen molar-refractivity contribution in [2.75, 3.05) is 13.2 Å². The highest BCUT2D eigenvalue weighted by atomic mass is 79.9. The highest BCUT2D eigenvalue weighted by molar-refractivity contribution is 9.09. The predicted molar refractivity (Wildman–Crippen MR) is 75.1 cm³/mol. The lowest BCUT2D eigenvalue weighted by atomic mass is 9.96. The van der Waals surface area contributed by atoms with E-state index >= 15 is 0 Å². The first-order chi connectivity index (χ1) is 8.66. The fourth-order valence-electron chi connectivity index (χ4n) is 2.04. The molecule has 2 rings (SSSR count). The Morgan fingerprint density at radius 3 is 3.11 bits per heavy atom. The van der Waals surface area contributed by atoms with Crippen molar-refractivity contribution in [1.29, 1.82) is 0 Å². The van der Waals surface area contributed by atoms with E-state index in [1.165, 1.54) is 0 Å². The van der Waals surface area contributed by atoms with Crippen LogP contribution in [-0.4, -0.2) is 23.9 Å². The first-order valence-electron chi connectivity index (χ1n) is 6.29. The lowest BCUT2D eigenvalue weighted by Gasteiger charge is -2.24. The lowest BCUT2D eigenvalue weighted by Crippen LogP contribution is -2.38. The maximum Gasteiger partial charge on any atom is 0.226 e. The first-order valence-corrected chi connectivity index (χ1v) is 7.21. The Kier molecular flexibility index (Phi) is 4.64. The normalized spacial score (nSPS) is 19.6. The van der Waals surface area contributed by atoms with Gasteiger partial charge in [0.25, 0.3) is 0 Å². The van der Waals surface area contributed by atoms with Gasteiger partial charge in [-0.1, -0.05) is 41.1 Å². The predicted octanol–water partition coefficient (Wildman–Crippen LogP) is 2.53. The third-order valence-electron chi connectivity index (χ3n) is 3.09. The second-order valence-electron chi connectivity index (χ2n) is 4.68. The Morgan fingerprint density at radius 1 is 1.56 bits per heavy atom. The van der Waals surface area contributed by atoms with E-state index < -0.39 is 0 Å². The average Bonchev–Trinajstić information content (AvgIpc) is 2.37. The van der Waals surface area contributed by atoms with Crippen molar-refractivity contribution >= 4 is 21.8 Å². The molecule has 1 N–H and O–H groups in total. The number of alkyl halides is 1. The summed E-state index contributed by atoms with van der Waals surface area (Å²) in [6.07, 6.45) is 1.71. The molecule has 1 aromatic carbocycles. The number of carbonyl (C=O) groups is 1. The quantitative estimate of drug-likeness (QED) is 0.868. The summed E-state index contributed by atoms with van der Waals surface area (Å²) in [6, 6.07) is 7.91. The molecule has 0 fully saturated rings. The number of fused-ring (bicyclic) bond motifs is 1. The molecule has 0 bridgehead atoms. The smallest absolute Gasteiger partial charge is 0.226 e. The molecule has 0 spiro atoms.